The van der Waals surface area contributed by atoms with Crippen molar-refractivity contribution in [3.63, 3.8) is 0 Å². The first-order valence-electron chi connectivity index (χ1n) is 9.16. The Morgan fingerprint density at radius 2 is 1.96 bits per heavy atom. The van der Waals surface area contributed by atoms with Crippen molar-refractivity contribution in [2.24, 2.45) is 11.7 Å². The van der Waals surface area contributed by atoms with Crippen LogP contribution >= 0.6 is 0 Å². The van der Waals surface area contributed by atoms with Gasteiger partial charge in [-0.05, 0) is 49.8 Å². The largest absolute Gasteiger partial charge is 0.495 e. The maximum Gasteiger partial charge on any atom is 0.251 e. The number of rotatable bonds is 8. The predicted octanol–water partition coefficient (Wildman–Crippen LogP) is 1.38. The minimum absolute atomic E-state index is 0.00438. The van der Waals surface area contributed by atoms with E-state index in [0.29, 0.717) is 12.5 Å². The summed E-state index contributed by atoms with van der Waals surface area (Å²) in [6, 6.07) is 4.35. The van der Waals surface area contributed by atoms with Gasteiger partial charge < -0.3 is 15.8 Å². The number of carbonyl (C=O) groups excluding carboxylic acids is 1. The Hall–Kier alpha value is -1.64. The van der Waals surface area contributed by atoms with Gasteiger partial charge in [-0.3, -0.25) is 4.79 Å². The van der Waals surface area contributed by atoms with Crippen LogP contribution in [0.2, 0.25) is 0 Å². The lowest BCUT2D eigenvalue weighted by molar-refractivity contribution is 0.0933. The summed E-state index contributed by atoms with van der Waals surface area (Å²) in [6.45, 7) is 0.376. The summed E-state index contributed by atoms with van der Waals surface area (Å²) in [7, 11) is -2.34. The van der Waals surface area contributed by atoms with Gasteiger partial charge in [0.25, 0.3) is 5.91 Å². The highest BCUT2D eigenvalue weighted by molar-refractivity contribution is 7.89. The quantitative estimate of drug-likeness (QED) is 0.630. The van der Waals surface area contributed by atoms with E-state index in [1.54, 1.807) is 6.07 Å². The first-order valence-corrected chi connectivity index (χ1v) is 10.6. The van der Waals surface area contributed by atoms with Gasteiger partial charge in [0.15, 0.2) is 0 Å². The number of ether oxygens (including phenoxy) is 1. The van der Waals surface area contributed by atoms with Crippen LogP contribution in [-0.4, -0.2) is 40.1 Å². The fourth-order valence-electron chi connectivity index (χ4n) is 3.47. The molecule has 0 aromatic heterocycles. The molecule has 0 heterocycles. The molecule has 0 aliphatic heterocycles. The van der Waals surface area contributed by atoms with E-state index < -0.39 is 10.0 Å². The number of methoxy groups -OCH3 is 1. The highest BCUT2D eigenvalue weighted by atomic mass is 32.2. The lowest BCUT2D eigenvalue weighted by Gasteiger charge is -2.18. The molecule has 0 saturated heterocycles. The molecular weight excluding hydrogens is 354 g/mol. The molecule has 26 heavy (non-hydrogen) atoms. The van der Waals surface area contributed by atoms with Gasteiger partial charge in [-0.2, -0.15) is 0 Å². The van der Waals surface area contributed by atoms with Crippen LogP contribution in [0.5, 0.6) is 5.75 Å². The fraction of sp³-hybridized carbons (Fsp3) is 0.611. The number of amides is 1. The number of hydrogen-bond donors (Lipinski definition) is 3. The molecule has 2 aliphatic rings. The lowest BCUT2D eigenvalue weighted by Crippen LogP contribution is -2.41. The van der Waals surface area contributed by atoms with Crippen LogP contribution in [0.1, 0.15) is 48.9 Å². The Bertz CT molecular complexity index is 756. The van der Waals surface area contributed by atoms with E-state index in [2.05, 4.69) is 10.0 Å². The average molecular weight is 381 g/mol. The Morgan fingerprint density at radius 3 is 2.54 bits per heavy atom. The van der Waals surface area contributed by atoms with Crippen LogP contribution in [0.25, 0.3) is 0 Å². The van der Waals surface area contributed by atoms with E-state index >= 15 is 0 Å². The van der Waals surface area contributed by atoms with Crippen molar-refractivity contribution in [1.29, 1.82) is 0 Å². The molecule has 2 fully saturated rings. The maximum atomic E-state index is 12.8. The van der Waals surface area contributed by atoms with Crippen molar-refractivity contribution in [1.82, 2.24) is 10.0 Å². The van der Waals surface area contributed by atoms with Crippen LogP contribution < -0.4 is 20.5 Å². The molecule has 1 atom stereocenters. The van der Waals surface area contributed by atoms with Gasteiger partial charge >= 0.3 is 0 Å². The zero-order chi connectivity index (χ0) is 18.7. The zero-order valence-electron chi connectivity index (χ0n) is 15.0. The molecule has 1 amide bonds. The first-order chi connectivity index (χ1) is 12.4. The van der Waals surface area contributed by atoms with Crippen molar-refractivity contribution >= 4 is 15.9 Å². The number of benzene rings is 1. The molecule has 8 heteroatoms. The van der Waals surface area contributed by atoms with Crippen molar-refractivity contribution < 1.29 is 17.9 Å². The Balaban J connectivity index is 1.82. The normalized spacial score (nSPS) is 19.3. The van der Waals surface area contributed by atoms with Gasteiger partial charge in [-0.25, -0.2) is 13.1 Å². The van der Waals surface area contributed by atoms with Gasteiger partial charge in [0.2, 0.25) is 10.0 Å². The van der Waals surface area contributed by atoms with E-state index in [1.807, 2.05) is 0 Å². The summed E-state index contributed by atoms with van der Waals surface area (Å²) in [4.78, 5) is 12.5. The van der Waals surface area contributed by atoms with E-state index in [0.717, 1.165) is 38.5 Å². The summed E-state index contributed by atoms with van der Waals surface area (Å²) in [6.07, 6.45) is 5.84. The van der Waals surface area contributed by atoms with Crippen molar-refractivity contribution in [2.45, 2.75) is 55.5 Å². The molecule has 7 nitrogen and oxygen atoms in total. The number of carbonyl (C=O) groups is 1. The third-order valence-electron chi connectivity index (χ3n) is 5.15. The lowest BCUT2D eigenvalue weighted by atomic mass is 10.1. The fourth-order valence-corrected chi connectivity index (χ4v) is 4.97. The summed E-state index contributed by atoms with van der Waals surface area (Å²) in [5, 5.41) is 2.91. The summed E-state index contributed by atoms with van der Waals surface area (Å²) in [5.41, 5.74) is 6.02. The van der Waals surface area contributed by atoms with E-state index in [-0.39, 0.29) is 34.2 Å². The van der Waals surface area contributed by atoms with E-state index in [4.69, 9.17) is 10.5 Å². The Labute approximate surface area is 154 Å². The summed E-state index contributed by atoms with van der Waals surface area (Å²) >= 11 is 0. The summed E-state index contributed by atoms with van der Waals surface area (Å²) in [5.74, 6) is 0.339. The molecule has 2 aliphatic carbocycles. The molecular formula is C18H27N3O4S. The summed E-state index contributed by atoms with van der Waals surface area (Å²) < 4.78 is 33.5. The molecule has 4 N–H and O–H groups in total. The molecule has 144 valence electrons. The number of nitrogens with one attached hydrogen (secondary N) is 2. The number of nitrogens with two attached hydrogens (primary N) is 1. The third kappa shape index (κ3) is 4.36. The second kappa shape index (κ2) is 7.94. The average Bonchev–Trinajstić information content (AvgIpc) is 3.36. The molecule has 2 saturated carbocycles. The van der Waals surface area contributed by atoms with Crippen LogP contribution in [0.4, 0.5) is 0 Å². The topological polar surface area (TPSA) is 111 Å². The molecule has 1 aromatic carbocycles. The third-order valence-corrected chi connectivity index (χ3v) is 6.70. The standard InChI is InChI=1S/C18H27N3O4S/c1-25-16-9-8-13(18(22)20-15(11-19)12-6-7-12)10-17(16)26(23,24)21-14-4-2-3-5-14/h8-10,12,14-15,21H,2-7,11,19H2,1H3,(H,20,22). The zero-order valence-corrected chi connectivity index (χ0v) is 15.8. The Morgan fingerprint density at radius 1 is 1.27 bits per heavy atom. The molecule has 0 spiro atoms. The van der Waals surface area contributed by atoms with Gasteiger partial charge in [0.1, 0.15) is 10.6 Å². The van der Waals surface area contributed by atoms with Gasteiger partial charge in [-0.1, -0.05) is 12.8 Å². The highest BCUT2D eigenvalue weighted by Gasteiger charge is 2.32. The second-order valence-electron chi connectivity index (χ2n) is 7.12. The van der Waals surface area contributed by atoms with Gasteiger partial charge in [0, 0.05) is 24.2 Å². The number of hydrogen-bond acceptors (Lipinski definition) is 5. The SMILES string of the molecule is COc1ccc(C(=O)NC(CN)C2CC2)cc1S(=O)(=O)NC1CCCC1. The van der Waals surface area contributed by atoms with Gasteiger partial charge in [0.05, 0.1) is 7.11 Å². The van der Waals surface area contributed by atoms with Crippen LogP contribution in [-0.2, 0) is 10.0 Å². The maximum absolute atomic E-state index is 12.8. The van der Waals surface area contributed by atoms with Crippen LogP contribution in [0.3, 0.4) is 0 Å². The predicted molar refractivity (Wildman–Crippen MR) is 98.6 cm³/mol. The molecule has 0 radical (unpaired) electrons. The van der Waals surface area contributed by atoms with E-state index in [1.165, 1.54) is 19.2 Å². The minimum atomic E-state index is -3.76. The van der Waals surface area contributed by atoms with Crippen LogP contribution in [0.15, 0.2) is 23.1 Å². The van der Waals surface area contributed by atoms with Crippen molar-refractivity contribution in [3.05, 3.63) is 23.8 Å². The van der Waals surface area contributed by atoms with Crippen molar-refractivity contribution in [3.8, 4) is 5.75 Å². The smallest absolute Gasteiger partial charge is 0.251 e. The first kappa shape index (κ1) is 19.1. The highest BCUT2D eigenvalue weighted by Crippen LogP contribution is 2.32. The molecule has 1 aromatic rings. The van der Waals surface area contributed by atoms with Crippen molar-refractivity contribution in [2.75, 3.05) is 13.7 Å². The molecule has 1 unspecified atom stereocenters. The molecule has 3 rings (SSSR count). The number of sulfonamides is 1. The minimum Gasteiger partial charge on any atom is -0.495 e. The molecule has 0 bridgehead atoms. The van der Waals surface area contributed by atoms with Gasteiger partial charge in [-0.15, -0.1) is 0 Å². The van der Waals surface area contributed by atoms with E-state index in [9.17, 15) is 13.2 Å². The van der Waals surface area contributed by atoms with Crippen LogP contribution in [0, 0.1) is 5.92 Å². The monoisotopic (exact) mass is 381 g/mol. The Kier molecular flexibility index (Phi) is 5.84. The second-order valence-corrected chi connectivity index (χ2v) is 8.80.